The van der Waals surface area contributed by atoms with Gasteiger partial charge in [0.05, 0.1) is 4.90 Å². The molecule has 0 radical (unpaired) electrons. The third kappa shape index (κ3) is 2.41. The van der Waals surface area contributed by atoms with E-state index in [4.69, 9.17) is 5.73 Å². The van der Waals surface area contributed by atoms with Gasteiger partial charge in [0.2, 0.25) is 15.9 Å². The Balaban J connectivity index is 2.50. The molecule has 20 heavy (non-hydrogen) atoms. The van der Waals surface area contributed by atoms with Gasteiger partial charge in [0.25, 0.3) is 0 Å². The van der Waals surface area contributed by atoms with Gasteiger partial charge in [-0.1, -0.05) is 6.07 Å². The molecule has 0 aromatic heterocycles. The first-order chi connectivity index (χ1) is 9.39. The van der Waals surface area contributed by atoms with Crippen LogP contribution in [0.2, 0.25) is 0 Å². The van der Waals surface area contributed by atoms with Crippen LogP contribution in [-0.4, -0.2) is 37.8 Å². The maximum Gasteiger partial charge on any atom is 0.244 e. The zero-order valence-corrected chi connectivity index (χ0v) is 11.8. The van der Waals surface area contributed by atoms with Crippen LogP contribution in [0.4, 0.5) is 4.39 Å². The molecule has 6 nitrogen and oxygen atoms in total. The lowest BCUT2D eigenvalue weighted by Gasteiger charge is -2.32. The number of sulfonamides is 1. The summed E-state index contributed by atoms with van der Waals surface area (Å²) in [5.41, 5.74) is 5.37. The molecule has 1 heterocycles. The number of hydrogen-bond acceptors (Lipinski definition) is 4. The van der Waals surface area contributed by atoms with Crippen molar-refractivity contribution in [2.24, 2.45) is 5.73 Å². The normalized spacial score (nSPS) is 20.8. The highest BCUT2D eigenvalue weighted by Crippen LogP contribution is 2.24. The van der Waals surface area contributed by atoms with E-state index in [-0.39, 0.29) is 36.0 Å². The van der Waals surface area contributed by atoms with E-state index in [2.05, 4.69) is 5.32 Å². The molecular formula is C12H16FN3O3S. The summed E-state index contributed by atoms with van der Waals surface area (Å²) in [6.07, 6.45) is 0. The number of hydrogen-bond donors (Lipinski definition) is 2. The topological polar surface area (TPSA) is 92.5 Å². The number of rotatable bonds is 3. The van der Waals surface area contributed by atoms with Gasteiger partial charge in [-0.2, -0.15) is 4.31 Å². The highest BCUT2D eigenvalue weighted by molar-refractivity contribution is 7.89. The fourth-order valence-corrected chi connectivity index (χ4v) is 4.03. The van der Waals surface area contributed by atoms with Crippen LogP contribution >= 0.6 is 0 Å². The second kappa shape index (κ2) is 5.47. The standard InChI is InChI=1S/C12H16FN3O3S/c1-8-12(17)15-5-6-16(8)20(18,19)11-4-2-3-10(13)9(11)7-14/h2-4,8H,5-7,14H2,1H3,(H,15,17). The molecule has 1 atom stereocenters. The van der Waals surface area contributed by atoms with Gasteiger partial charge in [-0.05, 0) is 19.1 Å². The lowest BCUT2D eigenvalue weighted by Crippen LogP contribution is -2.55. The fraction of sp³-hybridized carbons (Fsp3) is 0.417. The van der Waals surface area contributed by atoms with Crippen molar-refractivity contribution in [1.82, 2.24) is 9.62 Å². The Hall–Kier alpha value is -1.51. The predicted molar refractivity (Wildman–Crippen MR) is 70.7 cm³/mol. The highest BCUT2D eigenvalue weighted by atomic mass is 32.2. The van der Waals surface area contributed by atoms with Crippen LogP contribution in [-0.2, 0) is 21.4 Å². The largest absolute Gasteiger partial charge is 0.353 e. The molecule has 2 rings (SSSR count). The number of piperazine rings is 1. The number of nitrogens with two attached hydrogens (primary N) is 1. The van der Waals surface area contributed by atoms with Crippen LogP contribution in [0, 0.1) is 5.82 Å². The summed E-state index contributed by atoms with van der Waals surface area (Å²) in [6.45, 7) is 1.65. The molecule has 1 aliphatic rings. The summed E-state index contributed by atoms with van der Waals surface area (Å²) >= 11 is 0. The molecular weight excluding hydrogens is 285 g/mol. The highest BCUT2D eigenvalue weighted by Gasteiger charge is 2.36. The molecule has 0 bridgehead atoms. The van der Waals surface area contributed by atoms with Gasteiger partial charge >= 0.3 is 0 Å². The fourth-order valence-electron chi connectivity index (χ4n) is 2.19. The SMILES string of the molecule is CC1C(=O)NCCN1S(=O)(=O)c1cccc(F)c1CN. The zero-order valence-electron chi connectivity index (χ0n) is 11.0. The van der Waals surface area contributed by atoms with E-state index in [1.165, 1.54) is 19.1 Å². The number of carbonyl (C=O) groups excluding carboxylic acids is 1. The van der Waals surface area contributed by atoms with Gasteiger partial charge in [0.15, 0.2) is 0 Å². The molecule has 1 amide bonds. The molecule has 110 valence electrons. The Kier molecular flexibility index (Phi) is 4.07. The average Bonchev–Trinajstić information content (AvgIpc) is 2.41. The van der Waals surface area contributed by atoms with E-state index in [1.807, 2.05) is 0 Å². The first-order valence-electron chi connectivity index (χ1n) is 6.16. The van der Waals surface area contributed by atoms with Crippen molar-refractivity contribution in [3.05, 3.63) is 29.6 Å². The molecule has 1 aromatic rings. The number of amides is 1. The van der Waals surface area contributed by atoms with Gasteiger partial charge < -0.3 is 11.1 Å². The Labute approximate surface area is 116 Å². The smallest absolute Gasteiger partial charge is 0.244 e. The van der Waals surface area contributed by atoms with Crippen molar-refractivity contribution in [3.63, 3.8) is 0 Å². The predicted octanol–water partition coefficient (Wildman–Crippen LogP) is -0.207. The van der Waals surface area contributed by atoms with Crippen LogP contribution in [0.15, 0.2) is 23.1 Å². The quantitative estimate of drug-likeness (QED) is 0.808. The number of carbonyl (C=O) groups is 1. The van der Waals surface area contributed by atoms with Crippen molar-refractivity contribution in [2.45, 2.75) is 24.4 Å². The second-order valence-electron chi connectivity index (χ2n) is 4.50. The van der Waals surface area contributed by atoms with E-state index in [0.717, 1.165) is 10.4 Å². The molecule has 0 saturated carbocycles. The van der Waals surface area contributed by atoms with Gasteiger partial charge in [-0.3, -0.25) is 4.79 Å². The maximum absolute atomic E-state index is 13.7. The van der Waals surface area contributed by atoms with Gasteiger partial charge in [-0.15, -0.1) is 0 Å². The average molecular weight is 301 g/mol. The zero-order chi connectivity index (χ0) is 14.9. The molecule has 1 aromatic carbocycles. The van der Waals surface area contributed by atoms with Crippen molar-refractivity contribution in [3.8, 4) is 0 Å². The summed E-state index contributed by atoms with van der Waals surface area (Å²) in [5.74, 6) is -1.03. The first-order valence-corrected chi connectivity index (χ1v) is 7.60. The van der Waals surface area contributed by atoms with E-state index >= 15 is 0 Å². The van der Waals surface area contributed by atoms with Crippen LogP contribution in [0.1, 0.15) is 12.5 Å². The van der Waals surface area contributed by atoms with Gasteiger partial charge in [-0.25, -0.2) is 12.8 Å². The van der Waals surface area contributed by atoms with Crippen LogP contribution in [0.25, 0.3) is 0 Å². The molecule has 8 heteroatoms. The molecule has 1 aliphatic heterocycles. The Morgan fingerprint density at radius 3 is 2.85 bits per heavy atom. The second-order valence-corrected chi connectivity index (χ2v) is 6.36. The van der Waals surface area contributed by atoms with E-state index in [0.29, 0.717) is 0 Å². The molecule has 0 aliphatic carbocycles. The molecule has 0 spiro atoms. The van der Waals surface area contributed by atoms with E-state index in [1.54, 1.807) is 0 Å². The van der Waals surface area contributed by atoms with E-state index < -0.39 is 21.9 Å². The van der Waals surface area contributed by atoms with Crippen molar-refractivity contribution in [1.29, 1.82) is 0 Å². The summed E-state index contributed by atoms with van der Waals surface area (Å²) in [6, 6.07) is 2.95. The molecule has 1 fully saturated rings. The van der Waals surface area contributed by atoms with Crippen molar-refractivity contribution < 1.29 is 17.6 Å². The summed E-state index contributed by atoms with van der Waals surface area (Å²) in [4.78, 5) is 11.4. The number of halogens is 1. The van der Waals surface area contributed by atoms with Crippen LogP contribution in [0.3, 0.4) is 0 Å². The van der Waals surface area contributed by atoms with Gasteiger partial charge in [0, 0.05) is 25.2 Å². The minimum absolute atomic E-state index is 0.0642. The van der Waals surface area contributed by atoms with Crippen LogP contribution < -0.4 is 11.1 Å². The van der Waals surface area contributed by atoms with Gasteiger partial charge in [0.1, 0.15) is 11.9 Å². The summed E-state index contributed by atoms with van der Waals surface area (Å²) in [5, 5.41) is 2.58. The lowest BCUT2D eigenvalue weighted by atomic mass is 10.2. The van der Waals surface area contributed by atoms with Crippen molar-refractivity contribution in [2.75, 3.05) is 13.1 Å². The number of benzene rings is 1. The minimum atomic E-state index is -3.96. The molecule has 1 unspecified atom stereocenters. The Morgan fingerprint density at radius 1 is 1.50 bits per heavy atom. The Bertz CT molecular complexity index is 633. The van der Waals surface area contributed by atoms with E-state index in [9.17, 15) is 17.6 Å². The molecule has 1 saturated heterocycles. The number of nitrogens with one attached hydrogen (secondary N) is 1. The summed E-state index contributed by atoms with van der Waals surface area (Å²) < 4.78 is 39.9. The van der Waals surface area contributed by atoms with Crippen molar-refractivity contribution >= 4 is 15.9 Å². The minimum Gasteiger partial charge on any atom is -0.353 e. The first kappa shape index (κ1) is 14.9. The third-order valence-corrected chi connectivity index (χ3v) is 5.36. The third-order valence-electron chi connectivity index (χ3n) is 3.31. The number of nitrogens with zero attached hydrogens (tertiary/aromatic N) is 1. The maximum atomic E-state index is 13.7. The Morgan fingerprint density at radius 2 is 2.20 bits per heavy atom. The monoisotopic (exact) mass is 301 g/mol. The summed E-state index contributed by atoms with van der Waals surface area (Å²) in [7, 11) is -3.96. The molecule has 3 N–H and O–H groups in total. The lowest BCUT2D eigenvalue weighted by molar-refractivity contribution is -0.126. The van der Waals surface area contributed by atoms with Crippen LogP contribution in [0.5, 0.6) is 0 Å².